The van der Waals surface area contributed by atoms with E-state index in [-0.39, 0.29) is 0 Å². The SMILES string of the molecule is CNCC1(CCC(N)O)CCCCC1. The molecule has 14 heavy (non-hydrogen) atoms. The van der Waals surface area contributed by atoms with Crippen molar-refractivity contribution in [2.75, 3.05) is 13.6 Å². The zero-order valence-electron chi connectivity index (χ0n) is 9.26. The highest BCUT2D eigenvalue weighted by atomic mass is 16.3. The van der Waals surface area contributed by atoms with Crippen molar-refractivity contribution in [1.29, 1.82) is 0 Å². The molecule has 0 spiro atoms. The molecular formula is C11H24N2O. The van der Waals surface area contributed by atoms with Crippen molar-refractivity contribution < 1.29 is 5.11 Å². The fraction of sp³-hybridized carbons (Fsp3) is 1.00. The molecule has 84 valence electrons. The Kier molecular flexibility index (Phi) is 4.85. The number of aliphatic hydroxyl groups excluding tert-OH is 1. The van der Waals surface area contributed by atoms with Crippen molar-refractivity contribution in [3.8, 4) is 0 Å². The molecule has 0 bridgehead atoms. The lowest BCUT2D eigenvalue weighted by Crippen LogP contribution is -2.36. The predicted octanol–water partition coefficient (Wildman–Crippen LogP) is 1.21. The van der Waals surface area contributed by atoms with Crippen molar-refractivity contribution in [2.45, 2.75) is 51.2 Å². The monoisotopic (exact) mass is 200 g/mol. The Morgan fingerprint density at radius 3 is 2.50 bits per heavy atom. The van der Waals surface area contributed by atoms with Gasteiger partial charge in [-0.05, 0) is 38.1 Å². The second-order valence-electron chi connectivity index (χ2n) is 4.70. The molecule has 1 fully saturated rings. The Labute approximate surface area is 87.1 Å². The minimum atomic E-state index is -0.634. The van der Waals surface area contributed by atoms with Gasteiger partial charge in [-0.1, -0.05) is 19.3 Å². The highest BCUT2D eigenvalue weighted by molar-refractivity contribution is 4.84. The van der Waals surface area contributed by atoms with Crippen LogP contribution in [0.3, 0.4) is 0 Å². The molecule has 0 saturated heterocycles. The summed E-state index contributed by atoms with van der Waals surface area (Å²) in [6, 6.07) is 0. The van der Waals surface area contributed by atoms with E-state index in [4.69, 9.17) is 10.8 Å². The number of aliphatic hydroxyl groups is 1. The van der Waals surface area contributed by atoms with Gasteiger partial charge in [-0.25, -0.2) is 0 Å². The summed E-state index contributed by atoms with van der Waals surface area (Å²) in [6.07, 6.45) is 7.79. The van der Waals surface area contributed by atoms with Gasteiger partial charge in [0.05, 0.1) is 0 Å². The molecule has 0 amide bonds. The molecule has 3 nitrogen and oxygen atoms in total. The molecule has 0 aromatic heterocycles. The second-order valence-corrected chi connectivity index (χ2v) is 4.70. The third-order valence-corrected chi connectivity index (χ3v) is 3.44. The molecule has 1 saturated carbocycles. The molecule has 1 aliphatic rings. The minimum Gasteiger partial charge on any atom is -0.379 e. The van der Waals surface area contributed by atoms with Crippen molar-refractivity contribution in [2.24, 2.45) is 11.1 Å². The summed E-state index contributed by atoms with van der Waals surface area (Å²) < 4.78 is 0. The van der Waals surface area contributed by atoms with E-state index < -0.39 is 6.23 Å². The molecular weight excluding hydrogens is 176 g/mol. The van der Waals surface area contributed by atoms with Crippen LogP contribution in [0.2, 0.25) is 0 Å². The van der Waals surface area contributed by atoms with Crippen molar-refractivity contribution in [3.05, 3.63) is 0 Å². The molecule has 1 atom stereocenters. The third kappa shape index (κ3) is 3.56. The predicted molar refractivity (Wildman–Crippen MR) is 58.9 cm³/mol. The number of nitrogens with one attached hydrogen (secondary N) is 1. The average molecular weight is 200 g/mol. The molecule has 0 aromatic carbocycles. The highest BCUT2D eigenvalue weighted by Gasteiger charge is 2.31. The summed E-state index contributed by atoms with van der Waals surface area (Å²) in [7, 11) is 2.01. The van der Waals surface area contributed by atoms with Crippen LogP contribution >= 0.6 is 0 Å². The minimum absolute atomic E-state index is 0.410. The third-order valence-electron chi connectivity index (χ3n) is 3.44. The smallest absolute Gasteiger partial charge is 0.102 e. The number of hydrogen-bond acceptors (Lipinski definition) is 3. The van der Waals surface area contributed by atoms with Crippen LogP contribution in [0.15, 0.2) is 0 Å². The molecule has 4 N–H and O–H groups in total. The van der Waals surface area contributed by atoms with E-state index in [1.165, 1.54) is 32.1 Å². The average Bonchev–Trinajstić information content (AvgIpc) is 2.17. The van der Waals surface area contributed by atoms with Crippen molar-refractivity contribution in [1.82, 2.24) is 5.32 Å². The van der Waals surface area contributed by atoms with E-state index in [1.54, 1.807) is 0 Å². The number of rotatable bonds is 5. The Morgan fingerprint density at radius 1 is 1.36 bits per heavy atom. The summed E-state index contributed by atoms with van der Waals surface area (Å²) >= 11 is 0. The highest BCUT2D eigenvalue weighted by Crippen LogP contribution is 2.39. The lowest BCUT2D eigenvalue weighted by molar-refractivity contribution is 0.112. The van der Waals surface area contributed by atoms with Gasteiger partial charge in [-0.2, -0.15) is 0 Å². The Morgan fingerprint density at radius 2 is 2.00 bits per heavy atom. The first kappa shape index (κ1) is 12.0. The van der Waals surface area contributed by atoms with Crippen LogP contribution in [-0.2, 0) is 0 Å². The van der Waals surface area contributed by atoms with Crippen LogP contribution in [0.25, 0.3) is 0 Å². The number of nitrogens with two attached hydrogens (primary N) is 1. The Hall–Kier alpha value is -0.120. The van der Waals surface area contributed by atoms with E-state index in [1.807, 2.05) is 7.05 Å². The van der Waals surface area contributed by atoms with Gasteiger partial charge < -0.3 is 16.2 Å². The van der Waals surface area contributed by atoms with Crippen molar-refractivity contribution in [3.63, 3.8) is 0 Å². The van der Waals surface area contributed by atoms with E-state index in [0.717, 1.165) is 19.4 Å². The van der Waals surface area contributed by atoms with Gasteiger partial charge in [-0.15, -0.1) is 0 Å². The molecule has 1 rings (SSSR count). The zero-order chi connectivity index (χ0) is 10.4. The van der Waals surface area contributed by atoms with Crippen molar-refractivity contribution >= 4 is 0 Å². The number of hydrogen-bond donors (Lipinski definition) is 3. The summed E-state index contributed by atoms with van der Waals surface area (Å²) in [4.78, 5) is 0. The molecule has 0 aliphatic heterocycles. The Bertz CT molecular complexity index is 148. The first-order chi connectivity index (χ1) is 6.68. The maximum atomic E-state index is 9.12. The van der Waals surface area contributed by atoms with E-state index in [9.17, 15) is 0 Å². The van der Waals surface area contributed by atoms with Crippen LogP contribution in [0, 0.1) is 5.41 Å². The first-order valence-corrected chi connectivity index (χ1v) is 5.77. The van der Waals surface area contributed by atoms with Crippen LogP contribution in [0.1, 0.15) is 44.9 Å². The zero-order valence-corrected chi connectivity index (χ0v) is 9.26. The van der Waals surface area contributed by atoms with Gasteiger partial charge >= 0.3 is 0 Å². The van der Waals surface area contributed by atoms with E-state index in [0.29, 0.717) is 5.41 Å². The lowest BCUT2D eigenvalue weighted by Gasteiger charge is -2.37. The van der Waals surface area contributed by atoms with Gasteiger partial charge in [0, 0.05) is 6.54 Å². The van der Waals surface area contributed by atoms with Crippen LogP contribution in [0.5, 0.6) is 0 Å². The Balaban J connectivity index is 2.42. The summed E-state index contributed by atoms with van der Waals surface area (Å²) in [6.45, 7) is 1.07. The normalized spacial score (nSPS) is 23.4. The maximum Gasteiger partial charge on any atom is 0.102 e. The van der Waals surface area contributed by atoms with Gasteiger partial charge in [0.1, 0.15) is 6.23 Å². The quantitative estimate of drug-likeness (QED) is 0.585. The second kappa shape index (κ2) is 5.69. The summed E-state index contributed by atoms with van der Waals surface area (Å²) in [5.41, 5.74) is 5.81. The van der Waals surface area contributed by atoms with Gasteiger partial charge in [0.2, 0.25) is 0 Å². The summed E-state index contributed by atoms with van der Waals surface area (Å²) in [5.74, 6) is 0. The first-order valence-electron chi connectivity index (χ1n) is 5.77. The van der Waals surface area contributed by atoms with Crippen LogP contribution in [0.4, 0.5) is 0 Å². The fourth-order valence-electron chi connectivity index (χ4n) is 2.65. The fourth-order valence-corrected chi connectivity index (χ4v) is 2.65. The van der Waals surface area contributed by atoms with Gasteiger partial charge in [0.15, 0.2) is 0 Å². The molecule has 1 unspecified atom stereocenters. The maximum absolute atomic E-state index is 9.12. The van der Waals surface area contributed by atoms with Crippen LogP contribution in [-0.4, -0.2) is 24.9 Å². The lowest BCUT2D eigenvalue weighted by atomic mass is 9.71. The standard InChI is InChI=1S/C11H24N2O/c1-13-9-11(8-5-10(12)14)6-3-2-4-7-11/h10,13-14H,2-9,12H2,1H3. The summed E-state index contributed by atoms with van der Waals surface area (Å²) in [5, 5.41) is 12.4. The van der Waals surface area contributed by atoms with Gasteiger partial charge in [0.25, 0.3) is 0 Å². The molecule has 0 heterocycles. The molecule has 0 radical (unpaired) electrons. The largest absolute Gasteiger partial charge is 0.379 e. The topological polar surface area (TPSA) is 58.3 Å². The van der Waals surface area contributed by atoms with Gasteiger partial charge in [-0.3, -0.25) is 0 Å². The van der Waals surface area contributed by atoms with E-state index in [2.05, 4.69) is 5.32 Å². The van der Waals surface area contributed by atoms with E-state index >= 15 is 0 Å². The molecule has 3 heteroatoms. The molecule has 1 aliphatic carbocycles. The molecule has 0 aromatic rings. The van der Waals surface area contributed by atoms with Crippen LogP contribution < -0.4 is 11.1 Å².